The van der Waals surface area contributed by atoms with Crippen LogP contribution < -0.4 is 5.32 Å². The monoisotopic (exact) mass is 382 g/mol. The molecule has 98 valence electrons. The molecule has 0 spiro atoms. The van der Waals surface area contributed by atoms with E-state index < -0.39 is 0 Å². The Balaban J connectivity index is 2.02. The number of nitrogens with one attached hydrogen (secondary N) is 1. The molecule has 19 heavy (non-hydrogen) atoms. The molecule has 0 saturated heterocycles. The Morgan fingerprint density at radius 2 is 2.00 bits per heavy atom. The molecule has 0 bridgehead atoms. The quantitative estimate of drug-likeness (QED) is 0.818. The van der Waals surface area contributed by atoms with Crippen LogP contribution in [0.4, 0.5) is 0 Å². The highest BCUT2D eigenvalue weighted by Gasteiger charge is 2.10. The van der Waals surface area contributed by atoms with Crippen LogP contribution in [-0.4, -0.2) is 10.9 Å². The lowest BCUT2D eigenvalue weighted by Crippen LogP contribution is -2.24. The van der Waals surface area contributed by atoms with Crippen molar-refractivity contribution in [3.8, 4) is 0 Å². The Hall–Kier alpha value is -1.20. The van der Waals surface area contributed by atoms with Crippen LogP contribution in [0.2, 0.25) is 0 Å². The van der Waals surface area contributed by atoms with Crippen LogP contribution in [0.5, 0.6) is 0 Å². The molecule has 2 rings (SSSR count). The van der Waals surface area contributed by atoms with Crippen molar-refractivity contribution in [2.75, 3.05) is 0 Å². The fourth-order valence-electron chi connectivity index (χ4n) is 1.64. The molecule has 1 amide bonds. The zero-order valence-electron chi connectivity index (χ0n) is 10.1. The molecular formula is C14H12Br2N2O. The molecule has 1 aromatic carbocycles. The summed E-state index contributed by atoms with van der Waals surface area (Å²) in [4.78, 5) is 16.0. The maximum absolute atomic E-state index is 12.0. The standard InChI is InChI=1S/C14H12Br2N2O/c15-8-10-3-1-4-11(7-10)9-18-14(19)13-12(16)5-2-6-17-13/h1-7H,8-9H2,(H,18,19). The Labute approximate surface area is 128 Å². The number of hydrogen-bond donors (Lipinski definition) is 1. The average molecular weight is 384 g/mol. The lowest BCUT2D eigenvalue weighted by molar-refractivity contribution is 0.0945. The van der Waals surface area contributed by atoms with E-state index >= 15 is 0 Å². The zero-order valence-corrected chi connectivity index (χ0v) is 13.2. The fourth-order valence-corrected chi connectivity index (χ4v) is 2.43. The second-order valence-electron chi connectivity index (χ2n) is 3.97. The van der Waals surface area contributed by atoms with Crippen LogP contribution in [0.1, 0.15) is 21.6 Å². The maximum Gasteiger partial charge on any atom is 0.271 e. The van der Waals surface area contributed by atoms with Gasteiger partial charge in [0.1, 0.15) is 5.69 Å². The van der Waals surface area contributed by atoms with Gasteiger partial charge in [-0.25, -0.2) is 4.98 Å². The van der Waals surface area contributed by atoms with Crippen LogP contribution in [-0.2, 0) is 11.9 Å². The van der Waals surface area contributed by atoms with Crippen LogP contribution in [0.15, 0.2) is 47.1 Å². The molecule has 1 heterocycles. The minimum atomic E-state index is -0.184. The fraction of sp³-hybridized carbons (Fsp3) is 0.143. The maximum atomic E-state index is 12.0. The number of carbonyl (C=O) groups excluding carboxylic acids is 1. The van der Waals surface area contributed by atoms with Crippen molar-refractivity contribution in [2.24, 2.45) is 0 Å². The van der Waals surface area contributed by atoms with Gasteiger partial charge in [-0.2, -0.15) is 0 Å². The van der Waals surface area contributed by atoms with Crippen LogP contribution in [0.3, 0.4) is 0 Å². The molecule has 0 radical (unpaired) electrons. The normalized spacial score (nSPS) is 10.2. The second kappa shape index (κ2) is 6.82. The number of hydrogen-bond acceptors (Lipinski definition) is 2. The van der Waals surface area contributed by atoms with E-state index in [0.717, 1.165) is 10.9 Å². The van der Waals surface area contributed by atoms with Gasteiger partial charge in [-0.1, -0.05) is 40.2 Å². The summed E-state index contributed by atoms with van der Waals surface area (Å²) in [6, 6.07) is 11.6. The van der Waals surface area contributed by atoms with Gasteiger partial charge < -0.3 is 5.32 Å². The third-order valence-electron chi connectivity index (χ3n) is 2.57. The number of alkyl halides is 1. The van der Waals surface area contributed by atoms with E-state index in [-0.39, 0.29) is 5.91 Å². The van der Waals surface area contributed by atoms with Gasteiger partial charge in [0.25, 0.3) is 5.91 Å². The molecule has 0 aliphatic carbocycles. The first-order chi connectivity index (χ1) is 9.20. The number of amides is 1. The molecule has 0 aliphatic heterocycles. The zero-order chi connectivity index (χ0) is 13.7. The molecule has 1 aromatic heterocycles. The van der Waals surface area contributed by atoms with E-state index in [0.29, 0.717) is 16.7 Å². The van der Waals surface area contributed by atoms with Crippen molar-refractivity contribution in [2.45, 2.75) is 11.9 Å². The van der Waals surface area contributed by atoms with Gasteiger partial charge in [0, 0.05) is 22.5 Å². The summed E-state index contributed by atoms with van der Waals surface area (Å²) in [5.41, 5.74) is 2.65. The summed E-state index contributed by atoms with van der Waals surface area (Å²) in [5.74, 6) is -0.184. The average Bonchev–Trinajstić information content (AvgIpc) is 2.45. The van der Waals surface area contributed by atoms with E-state index in [4.69, 9.17) is 0 Å². The molecule has 3 nitrogen and oxygen atoms in total. The first-order valence-electron chi connectivity index (χ1n) is 5.73. The Kier molecular flexibility index (Phi) is 5.10. The predicted octanol–water partition coefficient (Wildman–Crippen LogP) is 3.67. The SMILES string of the molecule is O=C(NCc1cccc(CBr)c1)c1ncccc1Br. The topological polar surface area (TPSA) is 42.0 Å². The predicted molar refractivity (Wildman–Crippen MR) is 82.2 cm³/mol. The Bertz CT molecular complexity index is 587. The summed E-state index contributed by atoms with van der Waals surface area (Å²) < 4.78 is 0.696. The minimum absolute atomic E-state index is 0.184. The van der Waals surface area contributed by atoms with Crippen molar-refractivity contribution in [1.82, 2.24) is 10.3 Å². The lowest BCUT2D eigenvalue weighted by atomic mass is 10.1. The van der Waals surface area contributed by atoms with Gasteiger partial charge in [0.05, 0.1) is 0 Å². The van der Waals surface area contributed by atoms with Crippen molar-refractivity contribution < 1.29 is 4.79 Å². The molecule has 0 unspecified atom stereocenters. The molecule has 1 N–H and O–H groups in total. The van der Waals surface area contributed by atoms with Crippen LogP contribution in [0, 0.1) is 0 Å². The van der Waals surface area contributed by atoms with Gasteiger partial charge >= 0.3 is 0 Å². The van der Waals surface area contributed by atoms with Crippen LogP contribution >= 0.6 is 31.9 Å². The van der Waals surface area contributed by atoms with Crippen molar-refractivity contribution in [1.29, 1.82) is 0 Å². The van der Waals surface area contributed by atoms with Crippen molar-refractivity contribution >= 4 is 37.8 Å². The number of halogens is 2. The number of benzene rings is 1. The molecular weight excluding hydrogens is 372 g/mol. The van der Waals surface area contributed by atoms with E-state index in [2.05, 4.69) is 48.2 Å². The Morgan fingerprint density at radius 3 is 2.74 bits per heavy atom. The van der Waals surface area contributed by atoms with Crippen LogP contribution in [0.25, 0.3) is 0 Å². The first kappa shape index (κ1) is 14.2. The summed E-state index contributed by atoms with van der Waals surface area (Å²) in [7, 11) is 0. The highest BCUT2D eigenvalue weighted by Crippen LogP contribution is 2.13. The van der Waals surface area contributed by atoms with Gasteiger partial charge in [-0.05, 0) is 39.2 Å². The summed E-state index contributed by atoms with van der Waals surface area (Å²) in [5, 5.41) is 3.67. The minimum Gasteiger partial charge on any atom is -0.347 e. The smallest absolute Gasteiger partial charge is 0.271 e. The second-order valence-corrected chi connectivity index (χ2v) is 5.39. The lowest BCUT2D eigenvalue weighted by Gasteiger charge is -2.07. The summed E-state index contributed by atoms with van der Waals surface area (Å²) >= 11 is 6.73. The van der Waals surface area contributed by atoms with Gasteiger partial charge in [-0.15, -0.1) is 0 Å². The third kappa shape index (κ3) is 3.88. The summed E-state index contributed by atoms with van der Waals surface area (Å²) in [6.45, 7) is 0.489. The number of pyridine rings is 1. The number of aromatic nitrogens is 1. The molecule has 0 aliphatic rings. The molecule has 0 fully saturated rings. The highest BCUT2D eigenvalue weighted by atomic mass is 79.9. The molecule has 5 heteroatoms. The molecule has 2 aromatic rings. The highest BCUT2D eigenvalue weighted by molar-refractivity contribution is 9.10. The third-order valence-corrected chi connectivity index (χ3v) is 3.86. The van der Waals surface area contributed by atoms with E-state index in [1.807, 2.05) is 18.2 Å². The number of carbonyl (C=O) groups is 1. The van der Waals surface area contributed by atoms with E-state index in [1.54, 1.807) is 18.3 Å². The molecule has 0 atom stereocenters. The first-order valence-corrected chi connectivity index (χ1v) is 7.64. The van der Waals surface area contributed by atoms with Crippen molar-refractivity contribution in [3.63, 3.8) is 0 Å². The molecule has 0 saturated carbocycles. The number of rotatable bonds is 4. The van der Waals surface area contributed by atoms with Gasteiger partial charge in [-0.3, -0.25) is 4.79 Å². The van der Waals surface area contributed by atoms with Crippen molar-refractivity contribution in [3.05, 3.63) is 63.9 Å². The number of nitrogens with zero attached hydrogens (tertiary/aromatic N) is 1. The Morgan fingerprint density at radius 1 is 1.21 bits per heavy atom. The van der Waals surface area contributed by atoms with Gasteiger partial charge in [0.15, 0.2) is 0 Å². The van der Waals surface area contributed by atoms with E-state index in [9.17, 15) is 4.79 Å². The summed E-state index contributed by atoms with van der Waals surface area (Å²) in [6.07, 6.45) is 1.60. The van der Waals surface area contributed by atoms with Gasteiger partial charge in [0.2, 0.25) is 0 Å². The largest absolute Gasteiger partial charge is 0.347 e. The van der Waals surface area contributed by atoms with E-state index in [1.165, 1.54) is 5.56 Å².